The zero-order valence-corrected chi connectivity index (χ0v) is 10.2. The van der Waals surface area contributed by atoms with Gasteiger partial charge in [0.2, 0.25) is 0 Å². The average Bonchev–Trinajstić information content (AvgIpc) is 2.92. The molecule has 0 spiro atoms. The molecule has 1 aliphatic heterocycles. The number of hydrogen-bond donors (Lipinski definition) is 0. The predicted octanol–water partition coefficient (Wildman–Crippen LogP) is 0.589. The van der Waals surface area contributed by atoms with Crippen LogP contribution in [0.4, 0.5) is 4.79 Å². The van der Waals surface area contributed by atoms with E-state index in [4.69, 9.17) is 4.74 Å². The van der Waals surface area contributed by atoms with Gasteiger partial charge in [-0.05, 0) is 6.92 Å². The summed E-state index contributed by atoms with van der Waals surface area (Å²) in [5.41, 5.74) is 0.291. The minimum atomic E-state index is -0.328. The molecule has 2 amide bonds. The van der Waals surface area contributed by atoms with Gasteiger partial charge in [-0.1, -0.05) is 5.16 Å². The maximum absolute atomic E-state index is 11.9. The maximum Gasteiger partial charge on any atom is 0.409 e. The van der Waals surface area contributed by atoms with E-state index in [1.807, 2.05) is 0 Å². The highest BCUT2D eigenvalue weighted by atomic mass is 16.6. The summed E-state index contributed by atoms with van der Waals surface area (Å²) in [6.45, 7) is 4.03. The Kier molecular flexibility index (Phi) is 3.81. The van der Waals surface area contributed by atoms with E-state index in [1.54, 1.807) is 16.7 Å². The summed E-state index contributed by atoms with van der Waals surface area (Å²) in [4.78, 5) is 26.6. The van der Waals surface area contributed by atoms with Gasteiger partial charge in [-0.2, -0.15) is 0 Å². The maximum atomic E-state index is 11.9. The van der Waals surface area contributed by atoms with Gasteiger partial charge in [0.1, 0.15) is 6.26 Å². The third-order valence-corrected chi connectivity index (χ3v) is 2.75. The molecule has 0 aromatic carbocycles. The van der Waals surface area contributed by atoms with Crippen LogP contribution in [0.1, 0.15) is 17.4 Å². The summed E-state index contributed by atoms with van der Waals surface area (Å²) in [5, 5.41) is 3.60. The van der Waals surface area contributed by atoms with E-state index in [9.17, 15) is 9.59 Å². The van der Waals surface area contributed by atoms with Crippen LogP contribution in [0.25, 0.3) is 0 Å². The number of rotatable bonds is 2. The molecule has 0 atom stereocenters. The molecule has 0 N–H and O–H groups in total. The lowest BCUT2D eigenvalue weighted by molar-refractivity contribution is 0.0562. The first-order valence-corrected chi connectivity index (χ1v) is 5.83. The Morgan fingerprint density at radius 2 is 2.00 bits per heavy atom. The van der Waals surface area contributed by atoms with Gasteiger partial charge in [-0.25, -0.2) is 4.79 Å². The van der Waals surface area contributed by atoms with Crippen LogP contribution in [0.15, 0.2) is 16.9 Å². The van der Waals surface area contributed by atoms with E-state index in [-0.39, 0.29) is 12.0 Å². The van der Waals surface area contributed by atoms with Crippen LogP contribution in [0, 0.1) is 0 Å². The van der Waals surface area contributed by atoms with Gasteiger partial charge in [-0.15, -0.1) is 0 Å². The molecule has 0 aliphatic carbocycles. The third-order valence-electron chi connectivity index (χ3n) is 2.75. The summed E-state index contributed by atoms with van der Waals surface area (Å²) >= 11 is 0. The standard InChI is InChI=1S/C11H15N3O4/c1-2-17-11(16)14-6-4-13(5-7-14)10(15)9-3-8-18-12-9/h3,8H,2,4-7H2,1H3. The Morgan fingerprint density at radius 1 is 1.33 bits per heavy atom. The van der Waals surface area contributed by atoms with Gasteiger partial charge in [0.25, 0.3) is 5.91 Å². The topological polar surface area (TPSA) is 75.9 Å². The molecule has 1 saturated heterocycles. The van der Waals surface area contributed by atoms with Crippen LogP contribution in [0.5, 0.6) is 0 Å². The lowest BCUT2D eigenvalue weighted by Gasteiger charge is -2.33. The highest BCUT2D eigenvalue weighted by molar-refractivity contribution is 5.92. The van der Waals surface area contributed by atoms with Crippen molar-refractivity contribution >= 4 is 12.0 Å². The zero-order chi connectivity index (χ0) is 13.0. The molecule has 7 nitrogen and oxygen atoms in total. The highest BCUT2D eigenvalue weighted by Gasteiger charge is 2.26. The summed E-state index contributed by atoms with van der Waals surface area (Å²) in [6, 6.07) is 1.53. The summed E-state index contributed by atoms with van der Waals surface area (Å²) in [5.74, 6) is -0.174. The minimum absolute atomic E-state index is 0.174. The molecule has 1 aliphatic rings. The number of piperazine rings is 1. The molecule has 0 bridgehead atoms. The van der Waals surface area contributed by atoms with Gasteiger partial charge in [0, 0.05) is 32.2 Å². The summed E-state index contributed by atoms with van der Waals surface area (Å²) in [6.07, 6.45) is 1.04. The van der Waals surface area contributed by atoms with Crippen LogP contribution in [-0.2, 0) is 4.74 Å². The van der Waals surface area contributed by atoms with Crippen LogP contribution < -0.4 is 0 Å². The number of carbonyl (C=O) groups is 2. The van der Waals surface area contributed by atoms with Crippen LogP contribution >= 0.6 is 0 Å². The number of carbonyl (C=O) groups excluding carboxylic acids is 2. The van der Waals surface area contributed by atoms with E-state index in [0.717, 1.165) is 0 Å². The van der Waals surface area contributed by atoms with Gasteiger partial charge >= 0.3 is 6.09 Å². The van der Waals surface area contributed by atoms with Gasteiger partial charge in [0.05, 0.1) is 6.61 Å². The molecular formula is C11H15N3O4. The highest BCUT2D eigenvalue weighted by Crippen LogP contribution is 2.08. The number of aromatic nitrogens is 1. The van der Waals surface area contributed by atoms with E-state index in [1.165, 1.54) is 12.3 Å². The second kappa shape index (κ2) is 5.52. The van der Waals surface area contributed by atoms with Crippen LogP contribution in [0.2, 0.25) is 0 Å². The van der Waals surface area contributed by atoms with E-state index >= 15 is 0 Å². The van der Waals surface area contributed by atoms with Crippen molar-refractivity contribution in [2.75, 3.05) is 32.8 Å². The molecule has 0 radical (unpaired) electrons. The quantitative estimate of drug-likeness (QED) is 0.771. The molecule has 1 aromatic rings. The second-order valence-corrected chi connectivity index (χ2v) is 3.86. The fourth-order valence-corrected chi connectivity index (χ4v) is 1.79. The predicted molar refractivity (Wildman–Crippen MR) is 61.0 cm³/mol. The lowest BCUT2D eigenvalue weighted by Crippen LogP contribution is -2.50. The van der Waals surface area contributed by atoms with Crippen molar-refractivity contribution in [2.24, 2.45) is 0 Å². The molecule has 2 rings (SSSR count). The monoisotopic (exact) mass is 253 g/mol. The first-order valence-electron chi connectivity index (χ1n) is 5.83. The molecule has 98 valence electrons. The summed E-state index contributed by atoms with van der Waals surface area (Å²) in [7, 11) is 0. The molecule has 2 heterocycles. The smallest absolute Gasteiger partial charge is 0.409 e. The van der Waals surface area contributed by atoms with Crippen LogP contribution in [0.3, 0.4) is 0 Å². The molecule has 1 fully saturated rings. The largest absolute Gasteiger partial charge is 0.450 e. The zero-order valence-electron chi connectivity index (χ0n) is 10.2. The number of hydrogen-bond acceptors (Lipinski definition) is 5. The molecular weight excluding hydrogens is 238 g/mol. The van der Waals surface area contributed by atoms with Crippen molar-refractivity contribution in [3.8, 4) is 0 Å². The van der Waals surface area contributed by atoms with Gasteiger partial charge in [0.15, 0.2) is 5.69 Å². The van der Waals surface area contributed by atoms with Crippen molar-refractivity contribution < 1.29 is 18.8 Å². The van der Waals surface area contributed by atoms with E-state index in [0.29, 0.717) is 38.5 Å². The fourth-order valence-electron chi connectivity index (χ4n) is 1.79. The van der Waals surface area contributed by atoms with Gasteiger partial charge < -0.3 is 19.1 Å². The first kappa shape index (κ1) is 12.4. The molecule has 0 unspecified atom stereocenters. The number of amides is 2. The fraction of sp³-hybridized carbons (Fsp3) is 0.545. The SMILES string of the molecule is CCOC(=O)N1CCN(C(=O)c2ccon2)CC1. The number of nitrogens with zero attached hydrogens (tertiary/aromatic N) is 3. The van der Waals surface area contributed by atoms with E-state index in [2.05, 4.69) is 9.68 Å². The Bertz CT molecular complexity index is 410. The molecule has 18 heavy (non-hydrogen) atoms. The van der Waals surface area contributed by atoms with Crippen molar-refractivity contribution in [2.45, 2.75) is 6.92 Å². The Morgan fingerprint density at radius 3 is 2.56 bits per heavy atom. The first-order chi connectivity index (χ1) is 8.72. The third kappa shape index (κ3) is 2.61. The van der Waals surface area contributed by atoms with Crippen molar-refractivity contribution in [1.82, 2.24) is 15.0 Å². The normalized spacial score (nSPS) is 15.6. The molecule has 0 saturated carbocycles. The Labute approximate surface area is 104 Å². The average molecular weight is 253 g/mol. The van der Waals surface area contributed by atoms with Crippen LogP contribution in [-0.4, -0.2) is 59.7 Å². The van der Waals surface area contributed by atoms with Crippen molar-refractivity contribution in [1.29, 1.82) is 0 Å². The Balaban J connectivity index is 1.87. The summed E-state index contributed by atoms with van der Waals surface area (Å²) < 4.78 is 9.54. The van der Waals surface area contributed by atoms with E-state index < -0.39 is 0 Å². The minimum Gasteiger partial charge on any atom is -0.450 e. The molecule has 1 aromatic heterocycles. The van der Waals surface area contributed by atoms with Gasteiger partial charge in [-0.3, -0.25) is 4.79 Å². The lowest BCUT2D eigenvalue weighted by atomic mass is 10.3. The van der Waals surface area contributed by atoms with Crippen molar-refractivity contribution in [3.63, 3.8) is 0 Å². The second-order valence-electron chi connectivity index (χ2n) is 3.86. The van der Waals surface area contributed by atoms with Crippen molar-refractivity contribution in [3.05, 3.63) is 18.0 Å². The number of ether oxygens (including phenoxy) is 1. The Hall–Kier alpha value is -2.05. The molecule has 7 heteroatoms.